The standard InChI is InChI=1S/C23H22N8O2/c1-14-11-16(12-18(26-14)33-3)19-20(15-7-5-4-6-8-15)27-22(24)31-21(19)28-30(23(31)32)13-17-25-9-10-29(17)2/h4-12H,13H2,1-3H3,(H2,24,27). The summed E-state index contributed by atoms with van der Waals surface area (Å²) in [7, 11) is 3.43. The van der Waals surface area contributed by atoms with Crippen molar-refractivity contribution in [3.8, 4) is 28.3 Å². The van der Waals surface area contributed by atoms with E-state index in [0.29, 0.717) is 28.6 Å². The highest BCUT2D eigenvalue weighted by molar-refractivity contribution is 5.91. The topological polar surface area (TPSA) is 118 Å². The molecule has 1 aromatic carbocycles. The van der Waals surface area contributed by atoms with Crippen LogP contribution in [0.5, 0.6) is 5.88 Å². The number of imidazole rings is 1. The van der Waals surface area contributed by atoms with Gasteiger partial charge in [-0.15, -0.1) is 5.10 Å². The van der Waals surface area contributed by atoms with Gasteiger partial charge in [0, 0.05) is 36.8 Å². The van der Waals surface area contributed by atoms with E-state index in [-0.39, 0.29) is 12.5 Å². The molecule has 0 radical (unpaired) electrons. The number of fused-ring (bicyclic) bond motifs is 1. The predicted octanol–water partition coefficient (Wildman–Crippen LogP) is 2.30. The summed E-state index contributed by atoms with van der Waals surface area (Å²) in [6.07, 6.45) is 3.49. The van der Waals surface area contributed by atoms with Gasteiger partial charge in [0.05, 0.1) is 18.4 Å². The van der Waals surface area contributed by atoms with Gasteiger partial charge in [-0.2, -0.15) is 0 Å². The molecule has 0 spiro atoms. The fourth-order valence-corrected chi connectivity index (χ4v) is 3.85. The van der Waals surface area contributed by atoms with E-state index in [2.05, 4.69) is 20.1 Å². The molecule has 0 fully saturated rings. The number of hydrogen-bond acceptors (Lipinski definition) is 7. The average molecular weight is 442 g/mol. The van der Waals surface area contributed by atoms with E-state index < -0.39 is 5.69 Å². The van der Waals surface area contributed by atoms with Crippen molar-refractivity contribution >= 4 is 11.6 Å². The molecule has 10 heteroatoms. The molecule has 5 rings (SSSR count). The molecule has 0 saturated heterocycles. The number of aromatic nitrogens is 7. The summed E-state index contributed by atoms with van der Waals surface area (Å²) in [6.45, 7) is 2.07. The van der Waals surface area contributed by atoms with E-state index in [0.717, 1.165) is 16.8 Å². The van der Waals surface area contributed by atoms with Gasteiger partial charge in [-0.25, -0.2) is 28.8 Å². The van der Waals surface area contributed by atoms with Crippen molar-refractivity contribution in [3.05, 3.63) is 76.9 Å². The molecule has 33 heavy (non-hydrogen) atoms. The lowest BCUT2D eigenvalue weighted by Gasteiger charge is -2.13. The molecule has 0 bridgehead atoms. The minimum absolute atomic E-state index is 0.0569. The highest BCUT2D eigenvalue weighted by Crippen LogP contribution is 2.35. The van der Waals surface area contributed by atoms with Gasteiger partial charge >= 0.3 is 5.69 Å². The van der Waals surface area contributed by atoms with E-state index in [1.807, 2.05) is 61.1 Å². The zero-order chi connectivity index (χ0) is 23.1. The number of nitrogens with two attached hydrogens (primary N) is 1. The lowest BCUT2D eigenvalue weighted by atomic mass is 10.00. The van der Waals surface area contributed by atoms with Gasteiger partial charge in [0.25, 0.3) is 0 Å². The summed E-state index contributed by atoms with van der Waals surface area (Å²) in [5, 5.41) is 4.67. The van der Waals surface area contributed by atoms with Crippen LogP contribution in [0.3, 0.4) is 0 Å². The predicted molar refractivity (Wildman–Crippen MR) is 124 cm³/mol. The Morgan fingerprint density at radius 2 is 1.88 bits per heavy atom. The third-order valence-corrected chi connectivity index (χ3v) is 5.44. The van der Waals surface area contributed by atoms with Crippen molar-refractivity contribution in [2.45, 2.75) is 13.5 Å². The number of hydrogen-bond donors (Lipinski definition) is 1. The highest BCUT2D eigenvalue weighted by Gasteiger charge is 2.22. The number of benzene rings is 1. The first-order valence-electron chi connectivity index (χ1n) is 10.3. The van der Waals surface area contributed by atoms with Crippen molar-refractivity contribution in [2.75, 3.05) is 12.8 Å². The van der Waals surface area contributed by atoms with Crippen LogP contribution in [0.4, 0.5) is 5.95 Å². The second-order valence-electron chi connectivity index (χ2n) is 7.65. The summed E-state index contributed by atoms with van der Waals surface area (Å²) in [5.74, 6) is 1.20. The average Bonchev–Trinajstić information content (AvgIpc) is 3.37. The van der Waals surface area contributed by atoms with Crippen molar-refractivity contribution < 1.29 is 4.74 Å². The van der Waals surface area contributed by atoms with Gasteiger partial charge in [-0.3, -0.25) is 0 Å². The van der Waals surface area contributed by atoms with Gasteiger partial charge < -0.3 is 15.0 Å². The van der Waals surface area contributed by atoms with E-state index in [4.69, 9.17) is 10.5 Å². The Bertz CT molecular complexity index is 1530. The number of pyridine rings is 1. The summed E-state index contributed by atoms with van der Waals surface area (Å²) >= 11 is 0. The molecule has 0 unspecified atom stereocenters. The first kappa shape index (κ1) is 20.4. The Balaban J connectivity index is 1.84. The van der Waals surface area contributed by atoms with E-state index in [1.54, 1.807) is 19.4 Å². The largest absolute Gasteiger partial charge is 0.481 e. The van der Waals surface area contributed by atoms with Crippen molar-refractivity contribution in [1.29, 1.82) is 0 Å². The highest BCUT2D eigenvalue weighted by atomic mass is 16.5. The Morgan fingerprint density at radius 3 is 2.58 bits per heavy atom. The quantitative estimate of drug-likeness (QED) is 0.444. The van der Waals surface area contributed by atoms with Crippen molar-refractivity contribution in [1.82, 2.24) is 33.7 Å². The molecule has 0 aliphatic carbocycles. The molecule has 0 aliphatic rings. The van der Waals surface area contributed by atoms with Crippen molar-refractivity contribution in [2.24, 2.45) is 7.05 Å². The molecule has 2 N–H and O–H groups in total. The number of methoxy groups -OCH3 is 1. The van der Waals surface area contributed by atoms with Crippen LogP contribution in [-0.2, 0) is 13.6 Å². The van der Waals surface area contributed by atoms with Crippen LogP contribution in [0.1, 0.15) is 11.5 Å². The van der Waals surface area contributed by atoms with E-state index in [9.17, 15) is 4.79 Å². The van der Waals surface area contributed by atoms with Crippen LogP contribution in [0, 0.1) is 6.92 Å². The molecule has 4 aromatic heterocycles. The minimum Gasteiger partial charge on any atom is -0.481 e. The number of nitrogens with zero attached hydrogens (tertiary/aromatic N) is 7. The zero-order valence-electron chi connectivity index (χ0n) is 18.4. The SMILES string of the molecule is COc1cc(-c2c(-c3ccccc3)nc(N)n3c(=O)n(Cc4nccn4C)nc23)cc(C)n1. The third kappa shape index (κ3) is 3.51. The van der Waals surface area contributed by atoms with Gasteiger partial charge in [0.15, 0.2) is 5.65 Å². The van der Waals surface area contributed by atoms with Crippen LogP contribution < -0.4 is 16.2 Å². The Hall–Kier alpha value is -4.47. The minimum atomic E-state index is -0.392. The fourth-order valence-electron chi connectivity index (χ4n) is 3.85. The number of aryl methyl sites for hydroxylation is 2. The normalized spacial score (nSPS) is 11.2. The molecule has 0 amide bonds. The smallest absolute Gasteiger partial charge is 0.353 e. The zero-order valence-corrected chi connectivity index (χ0v) is 18.4. The molecule has 5 aromatic rings. The number of anilines is 1. The van der Waals surface area contributed by atoms with Gasteiger partial charge in [0.2, 0.25) is 11.8 Å². The molecule has 0 saturated carbocycles. The first-order chi connectivity index (χ1) is 16.0. The molecular weight excluding hydrogens is 420 g/mol. The lowest BCUT2D eigenvalue weighted by molar-refractivity contribution is 0.397. The maximum absolute atomic E-state index is 13.3. The van der Waals surface area contributed by atoms with Gasteiger partial charge in [-0.1, -0.05) is 30.3 Å². The maximum Gasteiger partial charge on any atom is 0.353 e. The molecule has 0 atom stereocenters. The van der Waals surface area contributed by atoms with Gasteiger partial charge in [0.1, 0.15) is 12.4 Å². The number of rotatable bonds is 5. The summed E-state index contributed by atoms with van der Waals surface area (Å²) < 4.78 is 9.90. The Labute approximate surface area is 188 Å². The Morgan fingerprint density at radius 1 is 1.09 bits per heavy atom. The van der Waals surface area contributed by atoms with Crippen LogP contribution in [0.25, 0.3) is 28.0 Å². The number of nitrogen functional groups attached to an aromatic ring is 1. The van der Waals surface area contributed by atoms with Crippen molar-refractivity contribution in [3.63, 3.8) is 0 Å². The van der Waals surface area contributed by atoms with Crippen LogP contribution in [0.15, 0.2) is 59.7 Å². The first-order valence-corrected chi connectivity index (χ1v) is 10.3. The summed E-state index contributed by atoms with van der Waals surface area (Å²) in [4.78, 5) is 26.6. The van der Waals surface area contributed by atoms with Crippen LogP contribution in [0.2, 0.25) is 0 Å². The summed E-state index contributed by atoms with van der Waals surface area (Å²) in [5.41, 5.74) is 9.94. The second-order valence-corrected chi connectivity index (χ2v) is 7.65. The fraction of sp³-hybridized carbons (Fsp3) is 0.174. The van der Waals surface area contributed by atoms with Crippen LogP contribution >= 0.6 is 0 Å². The van der Waals surface area contributed by atoms with Gasteiger partial charge in [-0.05, 0) is 18.6 Å². The molecule has 4 heterocycles. The van der Waals surface area contributed by atoms with Crippen LogP contribution in [-0.4, -0.2) is 40.8 Å². The molecular formula is C23H22N8O2. The number of ether oxygens (including phenoxy) is 1. The Kier molecular flexibility index (Phi) is 4.89. The van der Waals surface area contributed by atoms with E-state index in [1.165, 1.54) is 9.08 Å². The summed E-state index contributed by atoms with van der Waals surface area (Å²) in [6, 6.07) is 13.4. The monoisotopic (exact) mass is 442 g/mol. The molecule has 0 aliphatic heterocycles. The molecule has 10 nitrogen and oxygen atoms in total. The maximum atomic E-state index is 13.3. The molecule has 166 valence electrons. The van der Waals surface area contributed by atoms with E-state index >= 15 is 0 Å². The lowest BCUT2D eigenvalue weighted by Crippen LogP contribution is -2.24. The second kappa shape index (κ2) is 7.90. The third-order valence-electron chi connectivity index (χ3n) is 5.44.